The molecule has 0 aliphatic heterocycles. The first-order chi connectivity index (χ1) is 9.52. The van der Waals surface area contributed by atoms with Crippen molar-refractivity contribution in [2.45, 2.75) is 6.92 Å². The number of hydrogen-bond acceptors (Lipinski definition) is 4. The van der Waals surface area contributed by atoms with Gasteiger partial charge in [0.1, 0.15) is 5.56 Å². The van der Waals surface area contributed by atoms with Crippen LogP contribution in [-0.2, 0) is 0 Å². The molecule has 0 spiro atoms. The maximum atomic E-state index is 12.5. The standard InChI is InChI=1S/C15H9NO4/c1-8-6-7-11(16(19)20)13-12(8)14(17)9-4-2-3-5-10(9)15(13)18/h2-7H,1H3. The van der Waals surface area contributed by atoms with Gasteiger partial charge in [-0.05, 0) is 12.5 Å². The fourth-order valence-electron chi connectivity index (χ4n) is 2.52. The van der Waals surface area contributed by atoms with Gasteiger partial charge >= 0.3 is 0 Å². The smallest absolute Gasteiger partial charge is 0.281 e. The molecule has 3 rings (SSSR count). The number of hydrogen-bond donors (Lipinski definition) is 0. The summed E-state index contributed by atoms with van der Waals surface area (Å²) in [7, 11) is 0. The molecule has 0 radical (unpaired) electrons. The molecule has 2 aromatic carbocycles. The Morgan fingerprint density at radius 3 is 2.00 bits per heavy atom. The zero-order valence-electron chi connectivity index (χ0n) is 10.5. The van der Waals surface area contributed by atoms with E-state index in [9.17, 15) is 19.7 Å². The minimum absolute atomic E-state index is 0.0984. The highest BCUT2D eigenvalue weighted by molar-refractivity contribution is 6.30. The average molecular weight is 267 g/mol. The van der Waals surface area contributed by atoms with E-state index < -0.39 is 10.7 Å². The molecule has 5 heteroatoms. The van der Waals surface area contributed by atoms with Crippen LogP contribution in [0.2, 0.25) is 0 Å². The van der Waals surface area contributed by atoms with Gasteiger partial charge in [0.15, 0.2) is 5.78 Å². The van der Waals surface area contributed by atoms with Gasteiger partial charge in [-0.25, -0.2) is 0 Å². The minimum Gasteiger partial charge on any atom is -0.289 e. The van der Waals surface area contributed by atoms with Crippen LogP contribution in [0, 0.1) is 17.0 Å². The molecule has 2 aromatic rings. The molecule has 0 saturated heterocycles. The van der Waals surface area contributed by atoms with Gasteiger partial charge in [0.05, 0.1) is 4.92 Å². The van der Waals surface area contributed by atoms with E-state index in [1.807, 2.05) is 0 Å². The fourth-order valence-corrected chi connectivity index (χ4v) is 2.52. The average Bonchev–Trinajstić information content (AvgIpc) is 2.44. The minimum atomic E-state index is -0.628. The van der Waals surface area contributed by atoms with Crippen LogP contribution in [0.3, 0.4) is 0 Å². The molecule has 0 aromatic heterocycles. The highest BCUT2D eigenvalue weighted by Crippen LogP contribution is 2.34. The first-order valence-electron chi connectivity index (χ1n) is 5.99. The largest absolute Gasteiger partial charge is 0.289 e. The van der Waals surface area contributed by atoms with E-state index in [1.165, 1.54) is 18.2 Å². The van der Waals surface area contributed by atoms with Gasteiger partial charge in [0.2, 0.25) is 5.78 Å². The van der Waals surface area contributed by atoms with Crippen LogP contribution in [0.25, 0.3) is 0 Å². The third kappa shape index (κ3) is 1.50. The maximum absolute atomic E-state index is 12.5. The monoisotopic (exact) mass is 267 g/mol. The van der Waals surface area contributed by atoms with Crippen molar-refractivity contribution < 1.29 is 14.5 Å². The summed E-state index contributed by atoms with van der Waals surface area (Å²) in [6.07, 6.45) is 0. The summed E-state index contributed by atoms with van der Waals surface area (Å²) in [5.41, 5.74) is 0.811. The molecule has 0 bridgehead atoms. The zero-order chi connectivity index (χ0) is 14.4. The van der Waals surface area contributed by atoms with Gasteiger partial charge in [0.25, 0.3) is 5.69 Å². The normalized spacial score (nSPS) is 12.8. The number of nitrogens with zero attached hydrogens (tertiary/aromatic N) is 1. The van der Waals surface area contributed by atoms with Crippen molar-refractivity contribution in [2.75, 3.05) is 0 Å². The Kier molecular flexibility index (Phi) is 2.50. The van der Waals surface area contributed by atoms with Gasteiger partial charge in [-0.2, -0.15) is 0 Å². The first kappa shape index (κ1) is 12.2. The molecule has 5 nitrogen and oxygen atoms in total. The Labute approximate surface area is 114 Å². The van der Waals surface area contributed by atoms with Gasteiger partial charge in [-0.1, -0.05) is 30.3 Å². The fraction of sp³-hybridized carbons (Fsp3) is 0.0667. The van der Waals surface area contributed by atoms with Crippen LogP contribution in [0.1, 0.15) is 37.4 Å². The molecule has 0 heterocycles. The van der Waals surface area contributed by atoms with Crippen LogP contribution >= 0.6 is 0 Å². The quantitative estimate of drug-likeness (QED) is 0.501. The summed E-state index contributed by atoms with van der Waals surface area (Å²) in [5, 5.41) is 11.1. The summed E-state index contributed by atoms with van der Waals surface area (Å²) in [6.45, 7) is 1.67. The van der Waals surface area contributed by atoms with E-state index >= 15 is 0 Å². The molecule has 0 N–H and O–H groups in total. The summed E-state index contributed by atoms with van der Waals surface area (Å²) in [6, 6.07) is 9.16. The Morgan fingerprint density at radius 2 is 1.45 bits per heavy atom. The van der Waals surface area contributed by atoms with Crippen molar-refractivity contribution in [1.82, 2.24) is 0 Å². The number of nitro groups is 1. The topological polar surface area (TPSA) is 77.3 Å². The lowest BCUT2D eigenvalue weighted by Crippen LogP contribution is -2.23. The summed E-state index contributed by atoms with van der Waals surface area (Å²) >= 11 is 0. The number of carbonyl (C=O) groups excluding carboxylic acids is 2. The predicted octanol–water partition coefficient (Wildman–Crippen LogP) is 2.68. The Balaban J connectivity index is 2.41. The zero-order valence-corrected chi connectivity index (χ0v) is 10.5. The lowest BCUT2D eigenvalue weighted by atomic mass is 9.81. The van der Waals surface area contributed by atoms with E-state index in [-0.39, 0.29) is 28.2 Å². The first-order valence-corrected chi connectivity index (χ1v) is 5.99. The van der Waals surface area contributed by atoms with E-state index in [4.69, 9.17) is 0 Å². The molecule has 1 aliphatic rings. The number of benzene rings is 2. The molecular weight excluding hydrogens is 258 g/mol. The van der Waals surface area contributed by atoms with Crippen molar-refractivity contribution in [3.8, 4) is 0 Å². The molecular formula is C15H9NO4. The number of carbonyl (C=O) groups is 2. The third-order valence-corrected chi connectivity index (χ3v) is 3.46. The molecule has 0 unspecified atom stereocenters. The molecule has 0 amide bonds. The van der Waals surface area contributed by atoms with Crippen LogP contribution in [0.15, 0.2) is 36.4 Å². The predicted molar refractivity (Wildman–Crippen MR) is 71.1 cm³/mol. The van der Waals surface area contributed by atoms with E-state index in [1.54, 1.807) is 25.1 Å². The van der Waals surface area contributed by atoms with Gasteiger partial charge < -0.3 is 0 Å². The van der Waals surface area contributed by atoms with Crippen molar-refractivity contribution >= 4 is 17.3 Å². The lowest BCUT2D eigenvalue weighted by Gasteiger charge is -2.18. The van der Waals surface area contributed by atoms with E-state index in [0.717, 1.165) is 0 Å². The highest BCUT2D eigenvalue weighted by atomic mass is 16.6. The maximum Gasteiger partial charge on any atom is 0.281 e. The molecule has 0 atom stereocenters. The summed E-state index contributed by atoms with van der Waals surface area (Å²) in [4.78, 5) is 35.4. The highest BCUT2D eigenvalue weighted by Gasteiger charge is 2.36. The summed E-state index contributed by atoms with van der Waals surface area (Å²) in [5.74, 6) is -0.804. The van der Waals surface area contributed by atoms with E-state index in [2.05, 4.69) is 0 Å². The van der Waals surface area contributed by atoms with Crippen molar-refractivity contribution in [2.24, 2.45) is 0 Å². The van der Waals surface area contributed by atoms with Crippen LogP contribution in [0.5, 0.6) is 0 Å². The number of fused-ring (bicyclic) bond motifs is 2. The van der Waals surface area contributed by atoms with Crippen molar-refractivity contribution in [1.29, 1.82) is 0 Å². The van der Waals surface area contributed by atoms with Gasteiger partial charge in [-0.15, -0.1) is 0 Å². The lowest BCUT2D eigenvalue weighted by molar-refractivity contribution is -0.385. The SMILES string of the molecule is Cc1ccc([N+](=O)[O-])c2c1C(=O)c1ccccc1C2=O. The molecule has 20 heavy (non-hydrogen) atoms. The molecule has 98 valence electrons. The third-order valence-electron chi connectivity index (χ3n) is 3.46. The number of nitro benzene ring substituents is 1. The summed E-state index contributed by atoms with van der Waals surface area (Å²) < 4.78 is 0. The second-order valence-electron chi connectivity index (χ2n) is 4.61. The number of aryl methyl sites for hydroxylation is 1. The van der Waals surface area contributed by atoms with Crippen LogP contribution in [0.4, 0.5) is 5.69 Å². The van der Waals surface area contributed by atoms with Crippen molar-refractivity contribution in [3.63, 3.8) is 0 Å². The van der Waals surface area contributed by atoms with E-state index in [0.29, 0.717) is 11.1 Å². The number of ketones is 2. The van der Waals surface area contributed by atoms with Gasteiger partial charge in [-0.3, -0.25) is 19.7 Å². The van der Waals surface area contributed by atoms with Gasteiger partial charge in [0, 0.05) is 22.8 Å². The van der Waals surface area contributed by atoms with Crippen LogP contribution in [-0.4, -0.2) is 16.5 Å². The second kappa shape index (κ2) is 4.09. The van der Waals surface area contributed by atoms with Crippen molar-refractivity contribution in [3.05, 3.63) is 74.3 Å². The Bertz CT molecular complexity index is 792. The van der Waals surface area contributed by atoms with Crippen LogP contribution < -0.4 is 0 Å². The Hall–Kier alpha value is -2.82. The molecule has 0 saturated carbocycles. The molecule has 1 aliphatic carbocycles. The Morgan fingerprint density at radius 1 is 0.900 bits per heavy atom. The second-order valence-corrected chi connectivity index (χ2v) is 4.61. The number of rotatable bonds is 1. The molecule has 0 fully saturated rings.